The lowest BCUT2D eigenvalue weighted by atomic mass is 10.2. The molecular formula is C17H21N5O3S. The molecule has 1 aliphatic heterocycles. The summed E-state index contributed by atoms with van der Waals surface area (Å²) in [7, 11) is 1.81. The highest BCUT2D eigenvalue weighted by molar-refractivity contribution is 8.00. The maximum absolute atomic E-state index is 12.7. The highest BCUT2D eigenvalue weighted by Crippen LogP contribution is 2.37. The summed E-state index contributed by atoms with van der Waals surface area (Å²) < 4.78 is 13.0. The van der Waals surface area contributed by atoms with Gasteiger partial charge in [0.15, 0.2) is 11.5 Å². The molecule has 1 amide bonds. The van der Waals surface area contributed by atoms with Crippen molar-refractivity contribution in [3.63, 3.8) is 0 Å². The highest BCUT2D eigenvalue weighted by Gasteiger charge is 2.30. The van der Waals surface area contributed by atoms with E-state index in [1.807, 2.05) is 29.8 Å². The number of hydrogen-bond donors (Lipinski definition) is 0. The number of nitrogens with zero attached hydrogens (tertiary/aromatic N) is 5. The first-order valence-electron chi connectivity index (χ1n) is 8.70. The number of hydrogen-bond acceptors (Lipinski definition) is 7. The molecule has 0 saturated heterocycles. The number of aromatic nitrogens is 4. The Morgan fingerprint density at radius 2 is 2.12 bits per heavy atom. The fourth-order valence-corrected chi connectivity index (χ4v) is 3.84. The van der Waals surface area contributed by atoms with Crippen molar-refractivity contribution in [3.8, 4) is 11.5 Å². The average molecular weight is 375 g/mol. The number of carbonyl (C=O) groups is 1. The molecule has 1 fully saturated rings. The number of carbonyl (C=O) groups excluding carboxylic acids is 1. The zero-order valence-electron chi connectivity index (χ0n) is 14.8. The van der Waals surface area contributed by atoms with Gasteiger partial charge in [0.1, 0.15) is 13.2 Å². The smallest absolute Gasteiger partial charge is 0.235 e. The molecule has 1 unspecified atom stereocenters. The number of tetrazole rings is 1. The van der Waals surface area contributed by atoms with E-state index in [-0.39, 0.29) is 11.2 Å². The highest BCUT2D eigenvalue weighted by atomic mass is 32.2. The summed E-state index contributed by atoms with van der Waals surface area (Å²) in [6.07, 6.45) is 2.20. The zero-order chi connectivity index (χ0) is 18.1. The van der Waals surface area contributed by atoms with Crippen molar-refractivity contribution in [1.82, 2.24) is 25.1 Å². The minimum atomic E-state index is -0.263. The molecule has 4 rings (SSSR count). The van der Waals surface area contributed by atoms with Gasteiger partial charge < -0.3 is 14.4 Å². The van der Waals surface area contributed by atoms with Crippen molar-refractivity contribution in [2.24, 2.45) is 0 Å². The Morgan fingerprint density at radius 1 is 1.35 bits per heavy atom. The van der Waals surface area contributed by atoms with Gasteiger partial charge in [0, 0.05) is 13.6 Å². The zero-order valence-corrected chi connectivity index (χ0v) is 15.6. The maximum Gasteiger partial charge on any atom is 0.235 e. The van der Waals surface area contributed by atoms with E-state index < -0.39 is 0 Å². The molecule has 1 aromatic carbocycles. The van der Waals surface area contributed by atoms with Crippen molar-refractivity contribution in [2.75, 3.05) is 20.3 Å². The van der Waals surface area contributed by atoms with Crippen LogP contribution in [0.3, 0.4) is 0 Å². The van der Waals surface area contributed by atoms with E-state index in [0.29, 0.717) is 31.0 Å². The maximum atomic E-state index is 12.7. The van der Waals surface area contributed by atoms with Gasteiger partial charge in [-0.1, -0.05) is 17.8 Å². The molecule has 2 aliphatic rings. The SMILES string of the molecule is CC(Sc1nnnn1C1CC1)C(=O)N(C)Cc1ccc2c(c1)OCCO2. The Hall–Kier alpha value is -2.29. The Morgan fingerprint density at radius 3 is 2.88 bits per heavy atom. The topological polar surface area (TPSA) is 82.4 Å². The van der Waals surface area contributed by atoms with Crippen LogP contribution in [0.4, 0.5) is 0 Å². The predicted octanol–water partition coefficient (Wildman–Crippen LogP) is 1.92. The van der Waals surface area contributed by atoms with Crippen molar-refractivity contribution < 1.29 is 14.3 Å². The molecule has 2 heterocycles. The van der Waals surface area contributed by atoms with E-state index in [1.54, 1.807) is 11.9 Å². The van der Waals surface area contributed by atoms with Gasteiger partial charge in [-0.05, 0) is 47.9 Å². The van der Waals surface area contributed by atoms with Crippen LogP contribution >= 0.6 is 11.8 Å². The van der Waals surface area contributed by atoms with Crippen LogP contribution in [0.1, 0.15) is 31.4 Å². The fourth-order valence-electron chi connectivity index (χ4n) is 2.87. The summed E-state index contributed by atoms with van der Waals surface area (Å²) in [4.78, 5) is 14.4. The Bertz CT molecular complexity index is 807. The van der Waals surface area contributed by atoms with Gasteiger partial charge in [-0.25, -0.2) is 4.68 Å². The molecule has 138 valence electrons. The number of thioether (sulfide) groups is 1. The Kier molecular flexibility index (Phi) is 4.71. The molecule has 0 N–H and O–H groups in total. The van der Waals surface area contributed by atoms with Crippen LogP contribution < -0.4 is 9.47 Å². The first kappa shape index (κ1) is 17.1. The fraction of sp³-hybridized carbons (Fsp3) is 0.529. The summed E-state index contributed by atoms with van der Waals surface area (Å²) in [5, 5.41) is 12.3. The van der Waals surface area contributed by atoms with E-state index in [9.17, 15) is 4.79 Å². The molecule has 26 heavy (non-hydrogen) atoms. The minimum absolute atomic E-state index is 0.0373. The molecule has 0 radical (unpaired) electrons. The quantitative estimate of drug-likeness (QED) is 0.713. The summed E-state index contributed by atoms with van der Waals surface area (Å²) in [5.74, 6) is 1.53. The van der Waals surface area contributed by atoms with E-state index >= 15 is 0 Å². The lowest BCUT2D eigenvalue weighted by Crippen LogP contribution is -2.33. The number of fused-ring (bicyclic) bond motifs is 1. The largest absolute Gasteiger partial charge is 0.486 e. The van der Waals surface area contributed by atoms with E-state index in [2.05, 4.69) is 15.5 Å². The minimum Gasteiger partial charge on any atom is -0.486 e. The molecule has 1 saturated carbocycles. The van der Waals surface area contributed by atoms with Crippen molar-refractivity contribution >= 4 is 17.7 Å². The van der Waals surface area contributed by atoms with Crippen molar-refractivity contribution in [1.29, 1.82) is 0 Å². The van der Waals surface area contributed by atoms with Crippen molar-refractivity contribution in [3.05, 3.63) is 23.8 Å². The van der Waals surface area contributed by atoms with E-state index in [0.717, 1.165) is 29.9 Å². The van der Waals surface area contributed by atoms with Crippen LogP contribution in [0.5, 0.6) is 11.5 Å². The average Bonchev–Trinajstić information content (AvgIpc) is 3.40. The van der Waals surface area contributed by atoms with Crippen molar-refractivity contribution in [2.45, 2.75) is 42.8 Å². The number of benzene rings is 1. The lowest BCUT2D eigenvalue weighted by Gasteiger charge is -2.23. The Balaban J connectivity index is 1.38. The number of ether oxygens (including phenoxy) is 2. The van der Waals surface area contributed by atoms with Gasteiger partial charge >= 0.3 is 0 Å². The second-order valence-corrected chi connectivity index (χ2v) is 7.88. The van der Waals surface area contributed by atoms with Crippen LogP contribution in [0.25, 0.3) is 0 Å². The monoisotopic (exact) mass is 375 g/mol. The lowest BCUT2D eigenvalue weighted by molar-refractivity contribution is -0.129. The van der Waals surface area contributed by atoms with Gasteiger partial charge in [-0.15, -0.1) is 5.10 Å². The molecule has 9 heteroatoms. The second kappa shape index (κ2) is 7.14. The predicted molar refractivity (Wildman–Crippen MR) is 95.3 cm³/mol. The first-order valence-corrected chi connectivity index (χ1v) is 9.58. The van der Waals surface area contributed by atoms with E-state index in [1.165, 1.54) is 11.8 Å². The van der Waals surface area contributed by atoms with Crippen LogP contribution in [0.2, 0.25) is 0 Å². The van der Waals surface area contributed by atoms with Crippen LogP contribution in [-0.2, 0) is 11.3 Å². The molecular weight excluding hydrogens is 354 g/mol. The third-order valence-corrected chi connectivity index (χ3v) is 5.42. The summed E-state index contributed by atoms with van der Waals surface area (Å²) in [6, 6.07) is 6.18. The van der Waals surface area contributed by atoms with Gasteiger partial charge in [0.2, 0.25) is 11.1 Å². The molecule has 1 aromatic heterocycles. The second-order valence-electron chi connectivity index (χ2n) is 6.57. The van der Waals surface area contributed by atoms with Gasteiger partial charge in [0.25, 0.3) is 0 Å². The summed E-state index contributed by atoms with van der Waals surface area (Å²) in [5.41, 5.74) is 1.00. The molecule has 1 atom stereocenters. The Labute approximate surface area is 155 Å². The van der Waals surface area contributed by atoms with Gasteiger partial charge in [-0.3, -0.25) is 4.79 Å². The van der Waals surface area contributed by atoms with Crippen LogP contribution in [0.15, 0.2) is 23.4 Å². The normalized spacial score (nSPS) is 17.0. The van der Waals surface area contributed by atoms with E-state index in [4.69, 9.17) is 9.47 Å². The summed E-state index contributed by atoms with van der Waals surface area (Å²) in [6.45, 7) is 3.52. The molecule has 8 nitrogen and oxygen atoms in total. The standard InChI is InChI=1S/C17H21N5O3S/c1-11(26-17-18-19-20-22(17)13-4-5-13)16(23)21(2)10-12-3-6-14-15(9-12)25-8-7-24-14/h3,6,9,11,13H,4-5,7-8,10H2,1-2H3. The van der Waals surface area contributed by atoms with Gasteiger partial charge in [-0.2, -0.15) is 0 Å². The molecule has 2 aromatic rings. The van der Waals surface area contributed by atoms with Crippen LogP contribution in [-0.4, -0.2) is 56.5 Å². The summed E-state index contributed by atoms with van der Waals surface area (Å²) >= 11 is 1.41. The van der Waals surface area contributed by atoms with Crippen LogP contribution in [0, 0.1) is 0 Å². The van der Waals surface area contributed by atoms with Gasteiger partial charge in [0.05, 0.1) is 11.3 Å². The number of amides is 1. The third kappa shape index (κ3) is 3.62. The molecule has 0 bridgehead atoms. The number of rotatable bonds is 6. The first-order chi connectivity index (χ1) is 12.6. The molecule has 0 spiro atoms. The third-order valence-electron chi connectivity index (χ3n) is 4.39. The molecule has 1 aliphatic carbocycles.